The highest BCUT2D eigenvalue weighted by atomic mass is 16.6. The molecule has 0 saturated carbocycles. The molecule has 14 heteroatoms. The molecule has 0 aliphatic rings. The molecule has 0 saturated heterocycles. The Kier molecular flexibility index (Phi) is 9.62. The summed E-state index contributed by atoms with van der Waals surface area (Å²) in [5.41, 5.74) is 7.00. The summed E-state index contributed by atoms with van der Waals surface area (Å²) >= 11 is 0. The van der Waals surface area contributed by atoms with Crippen LogP contribution in [0.5, 0.6) is 0 Å². The van der Waals surface area contributed by atoms with Crippen LogP contribution < -0.4 is 11.1 Å². The predicted molar refractivity (Wildman–Crippen MR) is 141 cm³/mol. The van der Waals surface area contributed by atoms with Crippen molar-refractivity contribution < 1.29 is 19.1 Å². The number of benzene rings is 1. The first kappa shape index (κ1) is 29.1. The number of carbonyl (C=O) groups excluding carboxylic acids is 2. The number of rotatable bonds is 11. The fraction of sp³-hybridized carbons (Fsp3) is 0.400. The number of amides is 2. The Morgan fingerprint density at radius 2 is 1.87 bits per heavy atom. The van der Waals surface area contributed by atoms with Crippen LogP contribution in [-0.2, 0) is 34.0 Å². The summed E-state index contributed by atoms with van der Waals surface area (Å²) < 4.78 is 13.2. The third-order valence-electron chi connectivity index (χ3n) is 5.56. The number of ether oxygens (including phenoxy) is 2. The van der Waals surface area contributed by atoms with Gasteiger partial charge in [-0.25, -0.2) is 4.79 Å². The van der Waals surface area contributed by atoms with E-state index >= 15 is 0 Å². The fourth-order valence-electron chi connectivity index (χ4n) is 3.54. The highest BCUT2D eigenvalue weighted by Crippen LogP contribution is 2.19. The van der Waals surface area contributed by atoms with E-state index in [-0.39, 0.29) is 33.1 Å². The standard InChI is InChI=1S/C24H30N10O4.CH4/c1-24(2,25)22(35)26-18(15-37-13-16-8-5-4-6-9-16)21-30-29-20-11-7-10-17(34(20)21)14-38-23(36)33(3)12-19-27-31-32-28-19;/h4-11,18H,12-15,25H2,1-3H3,(H,26,35)(H,27,28,31,32);1H4/t18-;/m1./s1. The summed E-state index contributed by atoms with van der Waals surface area (Å²) in [6, 6.07) is 14.3. The largest absolute Gasteiger partial charge is 0.443 e. The lowest BCUT2D eigenvalue weighted by molar-refractivity contribution is -0.126. The summed E-state index contributed by atoms with van der Waals surface area (Å²) in [5, 5.41) is 25.0. The normalized spacial score (nSPS) is 12.0. The number of hydrogen-bond donors (Lipinski definition) is 3. The van der Waals surface area contributed by atoms with Crippen LogP contribution in [0.4, 0.5) is 4.79 Å². The van der Waals surface area contributed by atoms with Gasteiger partial charge in [0.25, 0.3) is 0 Å². The lowest BCUT2D eigenvalue weighted by Gasteiger charge is -2.24. The van der Waals surface area contributed by atoms with Crippen molar-refractivity contribution >= 4 is 17.6 Å². The molecule has 4 aromatic rings. The monoisotopic (exact) mass is 538 g/mol. The first-order valence-electron chi connectivity index (χ1n) is 11.9. The quantitative estimate of drug-likeness (QED) is 0.255. The molecule has 0 aliphatic heterocycles. The van der Waals surface area contributed by atoms with Crippen LogP contribution in [0.3, 0.4) is 0 Å². The van der Waals surface area contributed by atoms with Gasteiger partial charge in [-0.1, -0.05) is 49.0 Å². The number of tetrazole rings is 1. The van der Waals surface area contributed by atoms with Crippen molar-refractivity contribution in [1.29, 1.82) is 0 Å². The van der Waals surface area contributed by atoms with Crippen LogP contribution in [0.2, 0.25) is 0 Å². The van der Waals surface area contributed by atoms with Gasteiger partial charge in [-0.15, -0.1) is 20.4 Å². The van der Waals surface area contributed by atoms with E-state index < -0.39 is 17.7 Å². The van der Waals surface area contributed by atoms with E-state index in [9.17, 15) is 9.59 Å². The Morgan fingerprint density at radius 3 is 2.56 bits per heavy atom. The number of nitrogens with one attached hydrogen (secondary N) is 2. The van der Waals surface area contributed by atoms with Gasteiger partial charge in [0.2, 0.25) is 5.91 Å². The molecule has 1 aromatic carbocycles. The molecule has 208 valence electrons. The Morgan fingerprint density at radius 1 is 1.10 bits per heavy atom. The number of pyridine rings is 1. The third kappa shape index (κ3) is 7.55. The summed E-state index contributed by atoms with van der Waals surface area (Å²) in [4.78, 5) is 26.7. The number of H-pyrrole nitrogens is 1. The van der Waals surface area contributed by atoms with Crippen molar-refractivity contribution in [3.8, 4) is 0 Å². The molecule has 0 bridgehead atoms. The zero-order chi connectivity index (χ0) is 27.1. The van der Waals surface area contributed by atoms with Crippen LogP contribution in [0.1, 0.15) is 50.2 Å². The van der Waals surface area contributed by atoms with Crippen LogP contribution in [0.25, 0.3) is 5.65 Å². The topological polar surface area (TPSA) is 179 Å². The van der Waals surface area contributed by atoms with Gasteiger partial charge in [-0.05, 0) is 31.5 Å². The zero-order valence-corrected chi connectivity index (χ0v) is 21.4. The maximum atomic E-state index is 12.8. The molecule has 14 nitrogen and oxygen atoms in total. The average molecular weight is 539 g/mol. The van der Waals surface area contributed by atoms with Gasteiger partial charge in [-0.2, -0.15) is 5.21 Å². The van der Waals surface area contributed by atoms with Crippen LogP contribution >= 0.6 is 0 Å². The predicted octanol–water partition coefficient (Wildman–Crippen LogP) is 1.76. The molecule has 0 unspecified atom stereocenters. The lowest BCUT2D eigenvalue weighted by Crippen LogP contribution is -2.51. The fourth-order valence-corrected chi connectivity index (χ4v) is 3.54. The van der Waals surface area contributed by atoms with Gasteiger partial charge in [-0.3, -0.25) is 9.20 Å². The average Bonchev–Trinajstić information content (AvgIpc) is 3.57. The number of aromatic nitrogens is 7. The minimum absolute atomic E-state index is 0. The van der Waals surface area contributed by atoms with E-state index in [0.717, 1.165) is 5.56 Å². The Bertz CT molecular complexity index is 1350. The van der Waals surface area contributed by atoms with E-state index in [1.807, 2.05) is 30.3 Å². The minimum Gasteiger partial charge on any atom is -0.443 e. The summed E-state index contributed by atoms with van der Waals surface area (Å²) in [6.07, 6.45) is -0.581. The van der Waals surface area contributed by atoms with E-state index in [0.29, 0.717) is 29.6 Å². The lowest BCUT2D eigenvalue weighted by atomic mass is 10.1. The number of aromatic amines is 1. The second kappa shape index (κ2) is 12.9. The summed E-state index contributed by atoms with van der Waals surface area (Å²) in [6.45, 7) is 3.72. The van der Waals surface area contributed by atoms with Crippen LogP contribution in [0, 0.1) is 0 Å². The van der Waals surface area contributed by atoms with E-state index in [4.69, 9.17) is 15.2 Å². The maximum Gasteiger partial charge on any atom is 0.410 e. The van der Waals surface area contributed by atoms with E-state index in [1.165, 1.54) is 4.90 Å². The van der Waals surface area contributed by atoms with Crippen molar-refractivity contribution in [1.82, 2.24) is 45.4 Å². The second-order valence-corrected chi connectivity index (χ2v) is 9.26. The summed E-state index contributed by atoms with van der Waals surface area (Å²) in [7, 11) is 1.56. The van der Waals surface area contributed by atoms with Crippen molar-refractivity contribution in [2.45, 2.75) is 52.6 Å². The molecule has 0 aliphatic carbocycles. The molecule has 2 amide bonds. The molecule has 1 atom stereocenters. The molecule has 0 radical (unpaired) electrons. The van der Waals surface area contributed by atoms with Crippen LogP contribution in [0.15, 0.2) is 48.5 Å². The molecule has 0 fully saturated rings. The minimum atomic E-state index is -1.13. The first-order valence-corrected chi connectivity index (χ1v) is 11.9. The Hall–Kier alpha value is -4.43. The maximum absolute atomic E-state index is 12.8. The van der Waals surface area contributed by atoms with Crippen molar-refractivity contribution in [2.24, 2.45) is 5.73 Å². The van der Waals surface area contributed by atoms with E-state index in [1.54, 1.807) is 43.5 Å². The van der Waals surface area contributed by atoms with Crippen LogP contribution in [-0.4, -0.2) is 71.3 Å². The molecule has 39 heavy (non-hydrogen) atoms. The van der Waals surface area contributed by atoms with Crippen molar-refractivity contribution in [3.05, 3.63) is 71.4 Å². The molecule has 3 aromatic heterocycles. The van der Waals surface area contributed by atoms with Gasteiger partial charge in [0.05, 0.1) is 31.0 Å². The molecule has 0 spiro atoms. The van der Waals surface area contributed by atoms with Gasteiger partial charge in [0.1, 0.15) is 12.6 Å². The number of nitrogens with two attached hydrogens (primary N) is 1. The van der Waals surface area contributed by atoms with Crippen molar-refractivity contribution in [2.75, 3.05) is 13.7 Å². The Balaban J connectivity index is 0.00000420. The zero-order valence-electron chi connectivity index (χ0n) is 21.4. The second-order valence-electron chi connectivity index (χ2n) is 9.26. The van der Waals surface area contributed by atoms with Gasteiger partial charge in [0.15, 0.2) is 17.3 Å². The molecule has 3 heterocycles. The highest BCUT2D eigenvalue weighted by Gasteiger charge is 2.28. The summed E-state index contributed by atoms with van der Waals surface area (Å²) in [5.74, 6) is 0.386. The Labute approximate surface area is 225 Å². The van der Waals surface area contributed by atoms with Crippen molar-refractivity contribution in [3.63, 3.8) is 0 Å². The third-order valence-corrected chi connectivity index (χ3v) is 5.56. The smallest absolute Gasteiger partial charge is 0.410 e. The number of hydrogen-bond acceptors (Lipinski definition) is 10. The molecular weight excluding hydrogens is 504 g/mol. The van der Waals surface area contributed by atoms with E-state index in [2.05, 4.69) is 36.1 Å². The SMILES string of the molecule is C.CN(Cc1nn[nH]n1)C(=O)OCc1cccc2nnc([C@@H](COCc3ccccc3)NC(=O)C(C)(C)N)n12. The number of carbonyl (C=O) groups is 2. The molecular formula is C25H34N10O4. The first-order chi connectivity index (χ1) is 18.2. The molecule has 4 N–H and O–H groups in total. The highest BCUT2D eigenvalue weighted by molar-refractivity contribution is 5.85. The van der Waals surface area contributed by atoms with Gasteiger partial charge >= 0.3 is 6.09 Å². The number of nitrogens with zero attached hydrogens (tertiary/aromatic N) is 7. The van der Waals surface area contributed by atoms with Gasteiger partial charge < -0.3 is 25.4 Å². The molecule has 4 rings (SSSR count). The number of fused-ring (bicyclic) bond motifs is 1. The van der Waals surface area contributed by atoms with Gasteiger partial charge in [0, 0.05) is 7.05 Å².